The topological polar surface area (TPSA) is 37.4 Å². The Kier molecular flexibility index (Phi) is 4.05. The normalized spacial score (nSPS) is 13.6. The van der Waals surface area contributed by atoms with E-state index >= 15 is 0 Å². The molecule has 3 nitrogen and oxygen atoms in total. The predicted octanol–water partition coefficient (Wildman–Crippen LogP) is 3.61. The van der Waals surface area contributed by atoms with Crippen molar-refractivity contribution in [1.82, 2.24) is 4.90 Å². The van der Waals surface area contributed by atoms with E-state index in [1.807, 2.05) is 0 Å². The molecule has 2 aromatic carbocycles. The SMILES string of the molecule is Cc1cccc(CCCCN2C(=O)c3ccccc3C2=O)c1. The molecule has 1 heterocycles. The third-order valence-electron chi connectivity index (χ3n) is 4.06. The Hall–Kier alpha value is -2.42. The van der Waals surface area contributed by atoms with Crippen LogP contribution in [0.2, 0.25) is 0 Å². The number of fused-ring (bicyclic) bond motifs is 1. The molecule has 3 rings (SSSR count). The minimum Gasteiger partial charge on any atom is -0.274 e. The van der Waals surface area contributed by atoms with Gasteiger partial charge in [-0.15, -0.1) is 0 Å². The van der Waals surface area contributed by atoms with Gasteiger partial charge in [0.05, 0.1) is 11.1 Å². The molecular weight excluding hydrogens is 274 g/mol. The van der Waals surface area contributed by atoms with Crippen molar-refractivity contribution in [2.45, 2.75) is 26.2 Å². The highest BCUT2D eigenvalue weighted by molar-refractivity contribution is 6.21. The monoisotopic (exact) mass is 293 g/mol. The molecule has 0 N–H and O–H groups in total. The molecule has 1 aliphatic heterocycles. The molecule has 2 aromatic rings. The summed E-state index contributed by atoms with van der Waals surface area (Å²) in [5, 5.41) is 0. The van der Waals surface area contributed by atoms with Crippen LogP contribution in [0.4, 0.5) is 0 Å². The minimum atomic E-state index is -0.156. The van der Waals surface area contributed by atoms with Crippen LogP contribution < -0.4 is 0 Å². The van der Waals surface area contributed by atoms with Gasteiger partial charge in [0.15, 0.2) is 0 Å². The molecule has 0 bridgehead atoms. The summed E-state index contributed by atoms with van der Waals surface area (Å²) >= 11 is 0. The maximum atomic E-state index is 12.2. The molecule has 0 aromatic heterocycles. The van der Waals surface area contributed by atoms with E-state index in [9.17, 15) is 9.59 Å². The van der Waals surface area contributed by atoms with Crippen molar-refractivity contribution in [1.29, 1.82) is 0 Å². The fourth-order valence-electron chi connectivity index (χ4n) is 2.91. The number of unbranched alkanes of at least 4 members (excludes halogenated alkanes) is 1. The largest absolute Gasteiger partial charge is 0.274 e. The van der Waals surface area contributed by atoms with Crippen LogP contribution >= 0.6 is 0 Å². The van der Waals surface area contributed by atoms with Crippen molar-refractivity contribution in [3.8, 4) is 0 Å². The maximum Gasteiger partial charge on any atom is 0.261 e. The van der Waals surface area contributed by atoms with Gasteiger partial charge in [0.1, 0.15) is 0 Å². The lowest BCUT2D eigenvalue weighted by Gasteiger charge is -2.13. The van der Waals surface area contributed by atoms with Gasteiger partial charge in [-0.2, -0.15) is 0 Å². The van der Waals surface area contributed by atoms with E-state index in [0.717, 1.165) is 19.3 Å². The van der Waals surface area contributed by atoms with Crippen molar-refractivity contribution in [3.05, 3.63) is 70.8 Å². The van der Waals surface area contributed by atoms with Crippen LogP contribution in [0.5, 0.6) is 0 Å². The molecule has 112 valence electrons. The second-order valence-corrected chi connectivity index (χ2v) is 5.75. The molecule has 2 amide bonds. The number of hydrogen-bond donors (Lipinski definition) is 0. The molecule has 0 saturated carbocycles. The number of imide groups is 1. The number of amides is 2. The van der Waals surface area contributed by atoms with Crippen LogP contribution in [-0.2, 0) is 6.42 Å². The van der Waals surface area contributed by atoms with Crippen molar-refractivity contribution in [2.75, 3.05) is 6.54 Å². The van der Waals surface area contributed by atoms with Crippen molar-refractivity contribution >= 4 is 11.8 Å². The summed E-state index contributed by atoms with van der Waals surface area (Å²) in [6.45, 7) is 2.58. The van der Waals surface area contributed by atoms with E-state index in [1.54, 1.807) is 24.3 Å². The number of hydrogen-bond acceptors (Lipinski definition) is 2. The van der Waals surface area contributed by atoms with Gasteiger partial charge in [-0.25, -0.2) is 0 Å². The van der Waals surface area contributed by atoms with Crippen LogP contribution in [-0.4, -0.2) is 23.3 Å². The van der Waals surface area contributed by atoms with Gasteiger partial charge in [-0.3, -0.25) is 14.5 Å². The predicted molar refractivity (Wildman–Crippen MR) is 85.9 cm³/mol. The molecular formula is C19H19NO2. The minimum absolute atomic E-state index is 0.156. The summed E-state index contributed by atoms with van der Waals surface area (Å²) in [4.78, 5) is 25.8. The zero-order valence-electron chi connectivity index (χ0n) is 12.7. The van der Waals surface area contributed by atoms with Gasteiger partial charge in [0, 0.05) is 6.54 Å². The van der Waals surface area contributed by atoms with E-state index in [4.69, 9.17) is 0 Å². The lowest BCUT2D eigenvalue weighted by atomic mass is 10.1. The molecule has 0 radical (unpaired) electrons. The number of aryl methyl sites for hydroxylation is 2. The lowest BCUT2D eigenvalue weighted by Crippen LogP contribution is -2.30. The second kappa shape index (κ2) is 6.14. The highest BCUT2D eigenvalue weighted by atomic mass is 16.2. The van der Waals surface area contributed by atoms with E-state index < -0.39 is 0 Å². The standard InChI is InChI=1S/C19H19NO2/c1-14-7-6-9-15(13-14)8-4-5-12-20-18(21)16-10-2-3-11-17(16)19(20)22/h2-3,6-7,9-11,13H,4-5,8,12H2,1H3. The third kappa shape index (κ3) is 2.80. The summed E-state index contributed by atoms with van der Waals surface area (Å²) in [5.41, 5.74) is 3.64. The lowest BCUT2D eigenvalue weighted by molar-refractivity contribution is 0.0652. The molecule has 0 unspecified atom stereocenters. The number of rotatable bonds is 5. The molecule has 22 heavy (non-hydrogen) atoms. The molecule has 1 aliphatic rings. The Morgan fingerprint density at radius 3 is 2.18 bits per heavy atom. The van der Waals surface area contributed by atoms with E-state index in [1.165, 1.54) is 16.0 Å². The van der Waals surface area contributed by atoms with E-state index in [0.29, 0.717) is 17.7 Å². The number of carbonyl (C=O) groups excluding carboxylic acids is 2. The zero-order chi connectivity index (χ0) is 15.5. The summed E-state index contributed by atoms with van der Waals surface area (Å²) < 4.78 is 0. The fraction of sp³-hybridized carbons (Fsp3) is 0.263. The fourth-order valence-corrected chi connectivity index (χ4v) is 2.91. The summed E-state index contributed by atoms with van der Waals surface area (Å²) in [6, 6.07) is 15.5. The van der Waals surface area contributed by atoms with Crippen LogP contribution in [0.3, 0.4) is 0 Å². The number of nitrogens with zero attached hydrogens (tertiary/aromatic N) is 1. The number of benzene rings is 2. The van der Waals surface area contributed by atoms with Crippen molar-refractivity contribution in [3.63, 3.8) is 0 Å². The molecule has 0 aliphatic carbocycles. The van der Waals surface area contributed by atoms with Gasteiger partial charge in [-0.1, -0.05) is 42.0 Å². The Morgan fingerprint density at radius 1 is 0.864 bits per heavy atom. The average molecular weight is 293 g/mol. The van der Waals surface area contributed by atoms with Crippen molar-refractivity contribution < 1.29 is 9.59 Å². The summed E-state index contributed by atoms with van der Waals surface area (Å²) in [7, 11) is 0. The molecule has 0 atom stereocenters. The maximum absolute atomic E-state index is 12.2. The van der Waals surface area contributed by atoms with E-state index in [2.05, 4.69) is 31.2 Å². The third-order valence-corrected chi connectivity index (χ3v) is 4.06. The highest BCUT2D eigenvalue weighted by Gasteiger charge is 2.34. The van der Waals surface area contributed by atoms with Crippen LogP contribution in [0.1, 0.15) is 44.7 Å². The molecule has 0 spiro atoms. The first-order valence-electron chi connectivity index (χ1n) is 7.67. The van der Waals surface area contributed by atoms with Crippen LogP contribution in [0.15, 0.2) is 48.5 Å². The van der Waals surface area contributed by atoms with Gasteiger partial charge < -0.3 is 0 Å². The van der Waals surface area contributed by atoms with E-state index in [-0.39, 0.29) is 11.8 Å². The second-order valence-electron chi connectivity index (χ2n) is 5.75. The van der Waals surface area contributed by atoms with Crippen LogP contribution in [0.25, 0.3) is 0 Å². The van der Waals surface area contributed by atoms with Gasteiger partial charge in [-0.05, 0) is 43.9 Å². The number of carbonyl (C=O) groups is 2. The summed E-state index contributed by atoms with van der Waals surface area (Å²) in [5.74, 6) is -0.313. The Bertz CT molecular complexity index is 686. The smallest absolute Gasteiger partial charge is 0.261 e. The molecule has 0 saturated heterocycles. The van der Waals surface area contributed by atoms with Crippen LogP contribution in [0, 0.1) is 6.92 Å². The first kappa shape index (κ1) is 14.5. The first-order valence-corrected chi connectivity index (χ1v) is 7.67. The van der Waals surface area contributed by atoms with Gasteiger partial charge in [0.25, 0.3) is 11.8 Å². The highest BCUT2D eigenvalue weighted by Crippen LogP contribution is 2.22. The summed E-state index contributed by atoms with van der Waals surface area (Å²) in [6.07, 6.45) is 2.78. The average Bonchev–Trinajstić information content (AvgIpc) is 2.77. The molecule has 3 heteroatoms. The quantitative estimate of drug-likeness (QED) is 0.624. The van der Waals surface area contributed by atoms with Gasteiger partial charge >= 0.3 is 0 Å². The Labute approximate surface area is 130 Å². The van der Waals surface area contributed by atoms with Gasteiger partial charge in [0.2, 0.25) is 0 Å². The molecule has 0 fully saturated rings. The Balaban J connectivity index is 1.55. The van der Waals surface area contributed by atoms with Crippen molar-refractivity contribution in [2.24, 2.45) is 0 Å². The zero-order valence-corrected chi connectivity index (χ0v) is 12.7. The first-order chi connectivity index (χ1) is 10.7. The Morgan fingerprint density at radius 2 is 1.55 bits per heavy atom.